The van der Waals surface area contributed by atoms with Gasteiger partial charge >= 0.3 is 0 Å². The molecule has 1 atom stereocenters. The summed E-state index contributed by atoms with van der Waals surface area (Å²) in [6.07, 6.45) is 0.951. The highest BCUT2D eigenvalue weighted by Gasteiger charge is 2.29. The lowest BCUT2D eigenvalue weighted by Crippen LogP contribution is -2.19. The quantitative estimate of drug-likeness (QED) is 0.937. The lowest BCUT2D eigenvalue weighted by atomic mass is 9.84. The lowest BCUT2D eigenvalue weighted by molar-refractivity contribution is 0.164. The molecule has 0 radical (unpaired) electrons. The second-order valence-corrected chi connectivity index (χ2v) is 5.79. The molecule has 0 spiro atoms. The Labute approximate surface area is 115 Å². The molecule has 0 saturated heterocycles. The number of hydrogen-bond donors (Lipinski definition) is 1. The Balaban J connectivity index is 2.37. The molecule has 1 unspecified atom stereocenters. The number of hydrogen-bond acceptors (Lipinski definition) is 3. The Hall–Kier alpha value is -1.13. The summed E-state index contributed by atoms with van der Waals surface area (Å²) in [5.41, 5.74) is 0.790. The van der Waals surface area contributed by atoms with E-state index in [-0.39, 0.29) is 5.41 Å². The van der Waals surface area contributed by atoms with E-state index >= 15 is 0 Å². The minimum Gasteiger partial charge on any atom is -0.442 e. The second kappa shape index (κ2) is 4.86. The van der Waals surface area contributed by atoms with E-state index in [1.807, 2.05) is 38.1 Å². The summed E-state index contributed by atoms with van der Waals surface area (Å²) in [4.78, 5) is 4.27. The summed E-state index contributed by atoms with van der Waals surface area (Å²) in [6, 6.07) is 8.07. The largest absolute Gasteiger partial charge is 0.442 e. The van der Waals surface area contributed by atoms with Crippen molar-refractivity contribution in [2.24, 2.45) is 0 Å². The Bertz CT molecular complexity index is 529. The molecule has 3 nitrogen and oxygen atoms in total. The summed E-state index contributed by atoms with van der Waals surface area (Å²) >= 11 is 3.42. The SMILES string of the molecule is CC(O)c1cnc(C(C)(C)c2ccc(Br)cc2)o1. The average Bonchev–Trinajstić information content (AvgIpc) is 2.79. The van der Waals surface area contributed by atoms with Gasteiger partial charge in [0.05, 0.1) is 11.6 Å². The van der Waals surface area contributed by atoms with Crippen LogP contribution in [-0.4, -0.2) is 10.1 Å². The van der Waals surface area contributed by atoms with Crippen molar-refractivity contribution < 1.29 is 9.52 Å². The minimum absolute atomic E-state index is 0.326. The van der Waals surface area contributed by atoms with Crippen LogP contribution in [0.5, 0.6) is 0 Å². The van der Waals surface area contributed by atoms with Crippen LogP contribution in [0, 0.1) is 0 Å². The molecule has 0 aliphatic carbocycles. The van der Waals surface area contributed by atoms with Gasteiger partial charge in [-0.25, -0.2) is 4.98 Å². The zero-order chi connectivity index (χ0) is 13.3. The topological polar surface area (TPSA) is 46.3 Å². The summed E-state index contributed by atoms with van der Waals surface area (Å²) in [7, 11) is 0. The Morgan fingerprint density at radius 3 is 2.39 bits per heavy atom. The van der Waals surface area contributed by atoms with Crippen molar-refractivity contribution in [1.29, 1.82) is 0 Å². The van der Waals surface area contributed by atoms with Gasteiger partial charge in [0.2, 0.25) is 5.89 Å². The molecule has 0 fully saturated rings. The maximum Gasteiger partial charge on any atom is 0.204 e. The Morgan fingerprint density at radius 1 is 1.28 bits per heavy atom. The van der Waals surface area contributed by atoms with Crippen molar-refractivity contribution in [3.05, 3.63) is 52.1 Å². The molecule has 0 aliphatic rings. The first kappa shape index (κ1) is 13.3. The molecule has 2 rings (SSSR count). The molecule has 0 aliphatic heterocycles. The number of nitrogens with zero attached hydrogens (tertiary/aromatic N) is 1. The van der Waals surface area contributed by atoms with Crippen LogP contribution in [0.1, 0.15) is 44.1 Å². The van der Waals surface area contributed by atoms with E-state index in [2.05, 4.69) is 20.9 Å². The first-order valence-electron chi connectivity index (χ1n) is 5.81. The molecule has 2 aromatic rings. The van der Waals surface area contributed by atoms with Crippen molar-refractivity contribution in [2.45, 2.75) is 32.3 Å². The number of aliphatic hydroxyl groups is 1. The Morgan fingerprint density at radius 2 is 1.89 bits per heavy atom. The number of aromatic nitrogens is 1. The van der Waals surface area contributed by atoms with E-state index < -0.39 is 6.10 Å². The lowest BCUT2D eigenvalue weighted by Gasteiger charge is -2.21. The summed E-state index contributed by atoms with van der Waals surface area (Å²) in [5.74, 6) is 1.11. The van der Waals surface area contributed by atoms with Crippen molar-refractivity contribution in [3.8, 4) is 0 Å². The van der Waals surface area contributed by atoms with Crippen LogP contribution >= 0.6 is 15.9 Å². The predicted octanol–water partition coefficient (Wildman–Crippen LogP) is 3.82. The van der Waals surface area contributed by atoms with Gasteiger partial charge in [-0.05, 0) is 38.5 Å². The molecule has 0 saturated carbocycles. The van der Waals surface area contributed by atoms with Crippen molar-refractivity contribution in [3.63, 3.8) is 0 Å². The van der Waals surface area contributed by atoms with Gasteiger partial charge in [-0.3, -0.25) is 0 Å². The van der Waals surface area contributed by atoms with Crippen LogP contribution in [0.3, 0.4) is 0 Å². The molecule has 1 aromatic heterocycles. The standard InChI is InChI=1S/C14H16BrNO2/c1-9(17)12-8-16-13(18-12)14(2,3)10-4-6-11(15)7-5-10/h4-9,17H,1-3H3. The van der Waals surface area contributed by atoms with E-state index in [9.17, 15) is 5.11 Å². The van der Waals surface area contributed by atoms with E-state index in [4.69, 9.17) is 4.42 Å². The molecule has 18 heavy (non-hydrogen) atoms. The van der Waals surface area contributed by atoms with Crippen molar-refractivity contribution in [1.82, 2.24) is 4.98 Å². The first-order chi connectivity index (χ1) is 8.41. The molecule has 0 bridgehead atoms. The van der Waals surface area contributed by atoms with Crippen molar-refractivity contribution >= 4 is 15.9 Å². The molecule has 1 heterocycles. The fourth-order valence-electron chi connectivity index (χ4n) is 1.76. The fraction of sp³-hybridized carbons (Fsp3) is 0.357. The van der Waals surface area contributed by atoms with Gasteiger partial charge in [-0.1, -0.05) is 28.1 Å². The molecular formula is C14H16BrNO2. The Kier molecular flexibility index (Phi) is 3.59. The smallest absolute Gasteiger partial charge is 0.204 e. The zero-order valence-corrected chi connectivity index (χ0v) is 12.2. The third-order valence-corrected chi connectivity index (χ3v) is 3.56. The molecule has 96 valence electrons. The van der Waals surface area contributed by atoms with E-state index in [0.717, 1.165) is 10.0 Å². The number of oxazole rings is 1. The van der Waals surface area contributed by atoms with Gasteiger partial charge in [0, 0.05) is 4.47 Å². The number of aliphatic hydroxyl groups excluding tert-OH is 1. The van der Waals surface area contributed by atoms with Crippen LogP contribution < -0.4 is 0 Å². The maximum atomic E-state index is 9.47. The third kappa shape index (κ3) is 2.49. The molecule has 0 amide bonds. The highest BCUT2D eigenvalue weighted by molar-refractivity contribution is 9.10. The minimum atomic E-state index is -0.632. The van der Waals surface area contributed by atoms with Gasteiger partial charge in [0.25, 0.3) is 0 Å². The van der Waals surface area contributed by atoms with E-state index in [0.29, 0.717) is 11.7 Å². The van der Waals surface area contributed by atoms with Gasteiger partial charge in [-0.15, -0.1) is 0 Å². The second-order valence-electron chi connectivity index (χ2n) is 4.88. The van der Waals surface area contributed by atoms with Crippen LogP contribution in [0.4, 0.5) is 0 Å². The number of rotatable bonds is 3. The monoisotopic (exact) mass is 309 g/mol. The van der Waals surface area contributed by atoms with Gasteiger partial charge in [0.1, 0.15) is 6.10 Å². The molecule has 1 N–H and O–H groups in total. The van der Waals surface area contributed by atoms with Gasteiger partial charge in [-0.2, -0.15) is 0 Å². The number of halogens is 1. The molecule has 1 aromatic carbocycles. The third-order valence-electron chi connectivity index (χ3n) is 3.04. The summed E-state index contributed by atoms with van der Waals surface area (Å²) < 4.78 is 6.66. The summed E-state index contributed by atoms with van der Waals surface area (Å²) in [5, 5.41) is 9.47. The first-order valence-corrected chi connectivity index (χ1v) is 6.61. The predicted molar refractivity (Wildman–Crippen MR) is 73.4 cm³/mol. The number of benzene rings is 1. The van der Waals surface area contributed by atoms with Crippen LogP contribution in [-0.2, 0) is 5.41 Å². The van der Waals surface area contributed by atoms with E-state index in [1.165, 1.54) is 0 Å². The van der Waals surface area contributed by atoms with E-state index in [1.54, 1.807) is 13.1 Å². The highest BCUT2D eigenvalue weighted by atomic mass is 79.9. The van der Waals surface area contributed by atoms with Crippen molar-refractivity contribution in [2.75, 3.05) is 0 Å². The fourth-order valence-corrected chi connectivity index (χ4v) is 2.02. The zero-order valence-electron chi connectivity index (χ0n) is 10.6. The van der Waals surface area contributed by atoms with Gasteiger partial charge in [0.15, 0.2) is 5.76 Å². The highest BCUT2D eigenvalue weighted by Crippen LogP contribution is 2.32. The van der Waals surface area contributed by atoms with Crippen LogP contribution in [0.15, 0.2) is 39.4 Å². The normalized spacial score (nSPS) is 13.6. The molecular weight excluding hydrogens is 294 g/mol. The van der Waals surface area contributed by atoms with Gasteiger partial charge < -0.3 is 9.52 Å². The van der Waals surface area contributed by atoms with Crippen LogP contribution in [0.2, 0.25) is 0 Å². The van der Waals surface area contributed by atoms with Crippen LogP contribution in [0.25, 0.3) is 0 Å². The molecule has 4 heteroatoms. The average molecular weight is 310 g/mol. The summed E-state index contributed by atoms with van der Waals surface area (Å²) in [6.45, 7) is 5.76. The maximum absolute atomic E-state index is 9.47.